The molecule has 0 aromatic heterocycles. The molecule has 8 heavy (non-hydrogen) atoms. The van der Waals surface area contributed by atoms with E-state index in [0.29, 0.717) is 5.70 Å². The predicted molar refractivity (Wildman–Crippen MR) is 35.8 cm³/mol. The van der Waals surface area contributed by atoms with Crippen molar-refractivity contribution in [3.05, 3.63) is 36.7 Å². The molecule has 2 heteroatoms. The Morgan fingerprint density at radius 2 is 2.12 bits per heavy atom. The van der Waals surface area contributed by atoms with Gasteiger partial charge >= 0.3 is 0 Å². The molecule has 0 aromatic rings. The first kappa shape index (κ1) is 6.82. The van der Waals surface area contributed by atoms with Crippen LogP contribution in [0.4, 0.5) is 0 Å². The first-order valence-corrected chi connectivity index (χ1v) is 2.27. The molecule has 0 bridgehead atoms. The lowest BCUT2D eigenvalue weighted by Gasteiger charge is -1.83. The van der Waals surface area contributed by atoms with E-state index >= 15 is 0 Å². The number of hydrogen-bond donors (Lipinski definition) is 2. The highest BCUT2D eigenvalue weighted by molar-refractivity contribution is 5.16. The Kier molecular flexibility index (Phi) is 3.40. The first-order chi connectivity index (χ1) is 3.81. The molecule has 0 rings (SSSR count). The first-order valence-electron chi connectivity index (χ1n) is 2.27. The Bertz CT molecular complexity index is 122. The van der Waals surface area contributed by atoms with Crippen LogP contribution >= 0.6 is 0 Å². The van der Waals surface area contributed by atoms with Crippen LogP contribution in [-0.4, -0.2) is 0 Å². The smallest absolute Gasteiger partial charge is 0.0471 e. The monoisotopic (exact) mass is 110 g/mol. The summed E-state index contributed by atoms with van der Waals surface area (Å²) in [6, 6.07) is 0. The summed E-state index contributed by atoms with van der Waals surface area (Å²) >= 11 is 0. The molecule has 0 aliphatic heterocycles. The minimum Gasteiger partial charge on any atom is -0.403 e. The average molecular weight is 110 g/mol. The Balaban J connectivity index is 3.69. The van der Waals surface area contributed by atoms with Crippen molar-refractivity contribution in [1.82, 2.24) is 0 Å². The van der Waals surface area contributed by atoms with Gasteiger partial charge in [0.2, 0.25) is 0 Å². The number of allylic oxidation sites excluding steroid dienone is 3. The van der Waals surface area contributed by atoms with Crippen LogP contribution in [0.2, 0.25) is 0 Å². The molecular formula is C6H10N2. The van der Waals surface area contributed by atoms with E-state index in [4.69, 9.17) is 11.5 Å². The van der Waals surface area contributed by atoms with Crippen LogP contribution in [0.1, 0.15) is 0 Å². The lowest BCUT2D eigenvalue weighted by atomic mass is 10.4. The van der Waals surface area contributed by atoms with Gasteiger partial charge in [0, 0.05) is 11.9 Å². The molecule has 4 N–H and O–H groups in total. The fourth-order valence-electron chi connectivity index (χ4n) is 0.235. The molecule has 0 radical (unpaired) electrons. The zero-order valence-corrected chi connectivity index (χ0v) is 4.67. The third kappa shape index (κ3) is 3.03. The summed E-state index contributed by atoms with van der Waals surface area (Å²) in [6.07, 6.45) is 6.36. The van der Waals surface area contributed by atoms with Gasteiger partial charge in [-0.3, -0.25) is 0 Å². The van der Waals surface area contributed by atoms with Crippen molar-refractivity contribution in [2.24, 2.45) is 11.5 Å². The fourth-order valence-corrected chi connectivity index (χ4v) is 0.235. The molecule has 0 unspecified atom stereocenters. The summed E-state index contributed by atoms with van der Waals surface area (Å²) in [5.41, 5.74) is 10.8. The van der Waals surface area contributed by atoms with Crippen LogP contribution < -0.4 is 11.5 Å². The maximum absolute atomic E-state index is 5.26. The zero-order valence-electron chi connectivity index (χ0n) is 4.67. The van der Waals surface area contributed by atoms with Gasteiger partial charge < -0.3 is 11.5 Å². The van der Waals surface area contributed by atoms with E-state index in [2.05, 4.69) is 6.58 Å². The molecular weight excluding hydrogens is 100 g/mol. The van der Waals surface area contributed by atoms with Gasteiger partial charge in [0.05, 0.1) is 0 Å². The van der Waals surface area contributed by atoms with Crippen LogP contribution in [-0.2, 0) is 0 Å². The van der Waals surface area contributed by atoms with Crippen molar-refractivity contribution < 1.29 is 0 Å². The molecule has 0 heterocycles. The Morgan fingerprint density at radius 1 is 1.50 bits per heavy atom. The van der Waals surface area contributed by atoms with Crippen molar-refractivity contribution in [3.8, 4) is 0 Å². The summed E-state index contributed by atoms with van der Waals surface area (Å²) in [5.74, 6) is 0. The van der Waals surface area contributed by atoms with Gasteiger partial charge in [-0.05, 0) is 6.08 Å². The van der Waals surface area contributed by atoms with Gasteiger partial charge in [0.1, 0.15) is 0 Å². The molecule has 0 aliphatic carbocycles. The number of rotatable bonds is 2. The second-order valence-corrected chi connectivity index (χ2v) is 1.26. The Morgan fingerprint density at radius 3 is 2.50 bits per heavy atom. The predicted octanol–water partition coefficient (Wildman–Crippen LogP) is 0.487. The Hall–Kier alpha value is -1.18. The molecule has 0 aromatic carbocycles. The van der Waals surface area contributed by atoms with Gasteiger partial charge in [0.15, 0.2) is 0 Å². The number of nitrogens with two attached hydrogens (primary N) is 2. The van der Waals surface area contributed by atoms with Crippen LogP contribution in [0.3, 0.4) is 0 Å². The van der Waals surface area contributed by atoms with Gasteiger partial charge in [-0.15, -0.1) is 0 Å². The standard InChI is InChI=1S/C6H10N2/c1-2-3-4-6(8)5-7/h2-5H,1,7-8H2/b4-3-,6-5+. The highest BCUT2D eigenvalue weighted by Gasteiger charge is 1.71. The molecule has 0 atom stereocenters. The Labute approximate surface area is 49.2 Å². The maximum Gasteiger partial charge on any atom is 0.0471 e. The summed E-state index contributed by atoms with van der Waals surface area (Å²) < 4.78 is 0. The molecule has 0 fully saturated rings. The summed E-state index contributed by atoms with van der Waals surface area (Å²) in [5, 5.41) is 0. The number of hydrogen-bond acceptors (Lipinski definition) is 2. The average Bonchev–Trinajstić information content (AvgIpc) is 1.83. The van der Waals surface area contributed by atoms with E-state index in [1.807, 2.05) is 0 Å². The van der Waals surface area contributed by atoms with Crippen molar-refractivity contribution >= 4 is 0 Å². The summed E-state index contributed by atoms with van der Waals surface area (Å²) in [4.78, 5) is 0. The van der Waals surface area contributed by atoms with E-state index in [9.17, 15) is 0 Å². The molecule has 0 saturated heterocycles. The molecule has 2 nitrogen and oxygen atoms in total. The van der Waals surface area contributed by atoms with Gasteiger partial charge in [0.25, 0.3) is 0 Å². The summed E-state index contributed by atoms with van der Waals surface area (Å²) in [6.45, 7) is 3.46. The second kappa shape index (κ2) is 3.99. The van der Waals surface area contributed by atoms with Crippen LogP contribution in [0.5, 0.6) is 0 Å². The van der Waals surface area contributed by atoms with E-state index in [-0.39, 0.29) is 0 Å². The second-order valence-electron chi connectivity index (χ2n) is 1.26. The molecule has 0 saturated carbocycles. The minimum atomic E-state index is 0.546. The topological polar surface area (TPSA) is 52.0 Å². The van der Waals surface area contributed by atoms with Crippen molar-refractivity contribution in [2.45, 2.75) is 0 Å². The van der Waals surface area contributed by atoms with E-state index in [1.165, 1.54) is 6.20 Å². The normalized spacial score (nSPS) is 12.2. The lowest BCUT2D eigenvalue weighted by Crippen LogP contribution is -1.95. The molecule has 44 valence electrons. The van der Waals surface area contributed by atoms with E-state index in [0.717, 1.165) is 0 Å². The maximum atomic E-state index is 5.26. The largest absolute Gasteiger partial charge is 0.403 e. The van der Waals surface area contributed by atoms with Crippen molar-refractivity contribution in [1.29, 1.82) is 0 Å². The minimum absolute atomic E-state index is 0.546. The highest BCUT2D eigenvalue weighted by atomic mass is 14.6. The van der Waals surface area contributed by atoms with Crippen molar-refractivity contribution in [2.75, 3.05) is 0 Å². The van der Waals surface area contributed by atoms with Crippen LogP contribution in [0, 0.1) is 0 Å². The van der Waals surface area contributed by atoms with Gasteiger partial charge in [-0.25, -0.2) is 0 Å². The summed E-state index contributed by atoms with van der Waals surface area (Å²) in [7, 11) is 0. The SMILES string of the molecule is C=C/C=C\C(N)=C/N. The molecule has 0 aliphatic rings. The van der Waals surface area contributed by atoms with Gasteiger partial charge in [-0.1, -0.05) is 18.7 Å². The lowest BCUT2D eigenvalue weighted by molar-refractivity contribution is 1.37. The van der Waals surface area contributed by atoms with E-state index in [1.54, 1.807) is 18.2 Å². The van der Waals surface area contributed by atoms with Crippen LogP contribution in [0.25, 0.3) is 0 Å². The van der Waals surface area contributed by atoms with Crippen LogP contribution in [0.15, 0.2) is 36.7 Å². The third-order valence-corrected chi connectivity index (χ3v) is 0.617. The zero-order chi connectivity index (χ0) is 6.41. The van der Waals surface area contributed by atoms with Crippen molar-refractivity contribution in [3.63, 3.8) is 0 Å². The van der Waals surface area contributed by atoms with Gasteiger partial charge in [-0.2, -0.15) is 0 Å². The fraction of sp³-hybridized carbons (Fsp3) is 0. The van der Waals surface area contributed by atoms with E-state index < -0.39 is 0 Å². The third-order valence-electron chi connectivity index (χ3n) is 0.617. The quantitative estimate of drug-likeness (QED) is 0.508. The highest BCUT2D eigenvalue weighted by Crippen LogP contribution is 1.81. The molecule has 0 amide bonds. The molecule has 0 spiro atoms.